The molecule has 1 atom stereocenters. The van der Waals surface area contributed by atoms with Gasteiger partial charge in [0.15, 0.2) is 0 Å². The first-order valence-electron chi connectivity index (χ1n) is 6.73. The summed E-state index contributed by atoms with van der Waals surface area (Å²) in [6, 6.07) is 0.680. The summed E-state index contributed by atoms with van der Waals surface area (Å²) < 4.78 is 0. The summed E-state index contributed by atoms with van der Waals surface area (Å²) in [5.41, 5.74) is 5.35. The fourth-order valence-corrected chi connectivity index (χ4v) is 2.83. The molecule has 17 heavy (non-hydrogen) atoms. The Hall–Kier alpha value is -0.650. The number of rotatable bonds is 5. The summed E-state index contributed by atoms with van der Waals surface area (Å²) >= 11 is 0. The minimum atomic E-state index is 0.109. The third kappa shape index (κ3) is 3.66. The summed E-state index contributed by atoms with van der Waals surface area (Å²) in [7, 11) is 0. The van der Waals surface area contributed by atoms with Crippen LogP contribution in [0, 0.1) is 0 Å². The second kappa shape index (κ2) is 6.33. The molecule has 0 spiro atoms. The van der Waals surface area contributed by atoms with Gasteiger partial charge < -0.3 is 11.1 Å². The molecule has 0 saturated carbocycles. The van der Waals surface area contributed by atoms with Crippen LogP contribution in [0.2, 0.25) is 0 Å². The van der Waals surface area contributed by atoms with Gasteiger partial charge >= 0.3 is 0 Å². The molecule has 1 amide bonds. The highest BCUT2D eigenvalue weighted by molar-refractivity contribution is 5.78. The second-order valence-electron chi connectivity index (χ2n) is 5.06. The molecule has 0 aliphatic carbocycles. The standard InChI is InChI=1S/C12H24N4O/c13-4-5-14-12(17)10-15-8-3-11(9-15)16-6-1-2-7-16/h11H,1-10,13H2,(H,14,17). The first-order valence-corrected chi connectivity index (χ1v) is 6.73. The van der Waals surface area contributed by atoms with Gasteiger partial charge in [-0.1, -0.05) is 0 Å². The lowest BCUT2D eigenvalue weighted by Crippen LogP contribution is -2.40. The lowest BCUT2D eigenvalue weighted by molar-refractivity contribution is -0.122. The van der Waals surface area contributed by atoms with Crippen molar-refractivity contribution in [2.24, 2.45) is 5.73 Å². The SMILES string of the molecule is NCCNC(=O)CN1CCC(N2CCCC2)C1. The highest BCUT2D eigenvalue weighted by Gasteiger charge is 2.29. The summed E-state index contributed by atoms with van der Waals surface area (Å²) in [5.74, 6) is 0.109. The van der Waals surface area contributed by atoms with E-state index in [0.29, 0.717) is 25.7 Å². The van der Waals surface area contributed by atoms with Crippen LogP contribution >= 0.6 is 0 Å². The summed E-state index contributed by atoms with van der Waals surface area (Å²) in [5, 5.41) is 2.82. The smallest absolute Gasteiger partial charge is 0.234 e. The van der Waals surface area contributed by atoms with Crippen molar-refractivity contribution in [1.82, 2.24) is 15.1 Å². The highest BCUT2D eigenvalue weighted by atomic mass is 16.2. The summed E-state index contributed by atoms with van der Waals surface area (Å²) in [6.45, 7) is 6.23. The van der Waals surface area contributed by atoms with Crippen molar-refractivity contribution in [3.63, 3.8) is 0 Å². The first-order chi connectivity index (χ1) is 8.29. The minimum absolute atomic E-state index is 0.109. The molecule has 98 valence electrons. The number of hydrogen-bond acceptors (Lipinski definition) is 4. The molecule has 0 aromatic carbocycles. The first kappa shape index (κ1) is 12.8. The fraction of sp³-hybridized carbons (Fsp3) is 0.917. The zero-order valence-electron chi connectivity index (χ0n) is 10.5. The Balaban J connectivity index is 1.68. The Labute approximate surface area is 103 Å². The predicted molar refractivity (Wildman–Crippen MR) is 67.7 cm³/mol. The van der Waals surface area contributed by atoms with Gasteiger partial charge in [0.25, 0.3) is 0 Å². The largest absolute Gasteiger partial charge is 0.354 e. The Morgan fingerprint density at radius 1 is 1.29 bits per heavy atom. The van der Waals surface area contributed by atoms with E-state index in [1.165, 1.54) is 32.4 Å². The second-order valence-corrected chi connectivity index (χ2v) is 5.06. The van der Waals surface area contributed by atoms with Crippen LogP contribution in [-0.4, -0.2) is 67.6 Å². The van der Waals surface area contributed by atoms with Gasteiger partial charge in [0.05, 0.1) is 6.54 Å². The minimum Gasteiger partial charge on any atom is -0.354 e. The normalized spacial score (nSPS) is 26.5. The van der Waals surface area contributed by atoms with E-state index in [4.69, 9.17) is 5.73 Å². The van der Waals surface area contributed by atoms with Gasteiger partial charge in [-0.05, 0) is 32.4 Å². The third-order valence-corrected chi connectivity index (χ3v) is 3.74. The van der Waals surface area contributed by atoms with Crippen molar-refractivity contribution in [2.45, 2.75) is 25.3 Å². The average Bonchev–Trinajstić information content (AvgIpc) is 2.95. The van der Waals surface area contributed by atoms with Crippen LogP contribution in [0.15, 0.2) is 0 Å². The van der Waals surface area contributed by atoms with E-state index in [0.717, 1.165) is 13.1 Å². The molecule has 0 radical (unpaired) electrons. The van der Waals surface area contributed by atoms with Crippen LogP contribution in [0.3, 0.4) is 0 Å². The Morgan fingerprint density at radius 3 is 2.76 bits per heavy atom. The van der Waals surface area contributed by atoms with Crippen molar-refractivity contribution >= 4 is 5.91 Å². The number of carbonyl (C=O) groups is 1. The third-order valence-electron chi connectivity index (χ3n) is 3.74. The van der Waals surface area contributed by atoms with E-state index < -0.39 is 0 Å². The number of amides is 1. The van der Waals surface area contributed by atoms with Crippen molar-refractivity contribution < 1.29 is 4.79 Å². The highest BCUT2D eigenvalue weighted by Crippen LogP contribution is 2.19. The molecule has 0 bridgehead atoms. The zero-order valence-corrected chi connectivity index (χ0v) is 10.5. The monoisotopic (exact) mass is 240 g/mol. The molecule has 2 rings (SSSR count). The van der Waals surface area contributed by atoms with Crippen LogP contribution in [-0.2, 0) is 4.79 Å². The Bertz CT molecular complexity index is 253. The molecule has 0 aromatic heterocycles. The molecule has 3 N–H and O–H groups in total. The molecule has 2 heterocycles. The topological polar surface area (TPSA) is 61.6 Å². The van der Waals surface area contributed by atoms with E-state index >= 15 is 0 Å². The van der Waals surface area contributed by atoms with E-state index in [1.54, 1.807) is 0 Å². The van der Waals surface area contributed by atoms with Gasteiger partial charge in [0.2, 0.25) is 5.91 Å². The lowest BCUT2D eigenvalue weighted by Gasteiger charge is -2.23. The van der Waals surface area contributed by atoms with E-state index in [-0.39, 0.29) is 5.91 Å². The Morgan fingerprint density at radius 2 is 2.06 bits per heavy atom. The average molecular weight is 240 g/mol. The summed E-state index contributed by atoms with van der Waals surface area (Å²) in [4.78, 5) is 16.4. The van der Waals surface area contributed by atoms with Crippen LogP contribution in [0.25, 0.3) is 0 Å². The molecule has 2 aliphatic heterocycles. The van der Waals surface area contributed by atoms with Crippen molar-refractivity contribution in [1.29, 1.82) is 0 Å². The number of hydrogen-bond donors (Lipinski definition) is 2. The number of nitrogens with one attached hydrogen (secondary N) is 1. The van der Waals surface area contributed by atoms with E-state index in [1.807, 2.05) is 0 Å². The molecule has 2 saturated heterocycles. The maximum atomic E-state index is 11.6. The van der Waals surface area contributed by atoms with Gasteiger partial charge in [-0.3, -0.25) is 14.6 Å². The van der Waals surface area contributed by atoms with Gasteiger partial charge in [0.1, 0.15) is 0 Å². The number of nitrogens with zero attached hydrogens (tertiary/aromatic N) is 2. The molecule has 0 aromatic rings. The molecule has 2 fully saturated rings. The van der Waals surface area contributed by atoms with Crippen LogP contribution in [0.1, 0.15) is 19.3 Å². The van der Waals surface area contributed by atoms with E-state index in [2.05, 4.69) is 15.1 Å². The van der Waals surface area contributed by atoms with Crippen molar-refractivity contribution in [3.05, 3.63) is 0 Å². The fourth-order valence-electron chi connectivity index (χ4n) is 2.83. The molecule has 2 aliphatic rings. The van der Waals surface area contributed by atoms with Gasteiger partial charge in [-0.2, -0.15) is 0 Å². The zero-order chi connectivity index (χ0) is 12.1. The maximum absolute atomic E-state index is 11.6. The van der Waals surface area contributed by atoms with Crippen LogP contribution in [0.4, 0.5) is 0 Å². The van der Waals surface area contributed by atoms with E-state index in [9.17, 15) is 4.79 Å². The number of carbonyl (C=O) groups excluding carboxylic acids is 1. The van der Waals surface area contributed by atoms with Crippen molar-refractivity contribution in [2.75, 3.05) is 45.8 Å². The van der Waals surface area contributed by atoms with Crippen molar-refractivity contribution in [3.8, 4) is 0 Å². The molecule has 1 unspecified atom stereocenters. The molecular formula is C12H24N4O. The number of nitrogens with two attached hydrogens (primary N) is 1. The lowest BCUT2D eigenvalue weighted by atomic mass is 10.2. The van der Waals surface area contributed by atoms with Crippen LogP contribution in [0.5, 0.6) is 0 Å². The Kier molecular flexibility index (Phi) is 4.76. The molecule has 5 heteroatoms. The molecular weight excluding hydrogens is 216 g/mol. The summed E-state index contributed by atoms with van der Waals surface area (Å²) in [6.07, 6.45) is 3.89. The molecule has 5 nitrogen and oxygen atoms in total. The maximum Gasteiger partial charge on any atom is 0.234 e. The number of likely N-dealkylation sites (tertiary alicyclic amines) is 2. The van der Waals surface area contributed by atoms with Gasteiger partial charge in [-0.15, -0.1) is 0 Å². The van der Waals surface area contributed by atoms with Crippen LogP contribution < -0.4 is 11.1 Å². The quantitative estimate of drug-likeness (QED) is 0.662. The van der Waals surface area contributed by atoms with Gasteiger partial charge in [-0.25, -0.2) is 0 Å². The van der Waals surface area contributed by atoms with Gasteiger partial charge in [0, 0.05) is 32.2 Å². The predicted octanol–water partition coefficient (Wildman–Crippen LogP) is -0.769.